The molecule has 1 saturated carbocycles. The van der Waals surface area contributed by atoms with E-state index in [0.717, 1.165) is 77.3 Å². The van der Waals surface area contributed by atoms with Gasteiger partial charge in [0.1, 0.15) is 0 Å². The van der Waals surface area contributed by atoms with Crippen LogP contribution in [0.2, 0.25) is 0 Å². The van der Waals surface area contributed by atoms with Crippen LogP contribution in [-0.2, 0) is 27.1 Å². The van der Waals surface area contributed by atoms with Gasteiger partial charge in [0.15, 0.2) is 0 Å². The van der Waals surface area contributed by atoms with Crippen LogP contribution < -0.4 is 4.90 Å². The van der Waals surface area contributed by atoms with Gasteiger partial charge in [0.05, 0.1) is 25.2 Å². The van der Waals surface area contributed by atoms with Gasteiger partial charge < -0.3 is 14.4 Å². The molecule has 2 aliphatic carbocycles. The standard InChI is InChI=1S/C24H36N4O3/c1-2-31-22(29)24-9-7-20(27-11-13-30-14-12-27)15-19(24)8-10-28(17-24)23-25-16-18-5-3-4-6-21(18)26-23/h16,19-20H,2-15,17H2,1H3/t19-,20+,24-/m1/s1. The van der Waals surface area contributed by atoms with Crippen LogP contribution in [0.5, 0.6) is 0 Å². The van der Waals surface area contributed by atoms with E-state index in [0.29, 0.717) is 25.1 Å². The van der Waals surface area contributed by atoms with Crippen LogP contribution in [0.4, 0.5) is 5.95 Å². The Hall–Kier alpha value is -1.73. The van der Waals surface area contributed by atoms with E-state index in [4.69, 9.17) is 19.4 Å². The molecule has 0 N–H and O–H groups in total. The normalized spacial score (nSPS) is 31.6. The quantitative estimate of drug-likeness (QED) is 0.683. The van der Waals surface area contributed by atoms with E-state index in [1.54, 1.807) is 0 Å². The molecule has 0 amide bonds. The Balaban J connectivity index is 1.36. The van der Waals surface area contributed by atoms with E-state index in [2.05, 4.69) is 9.80 Å². The first kappa shape index (κ1) is 21.1. The molecule has 3 atom stereocenters. The summed E-state index contributed by atoms with van der Waals surface area (Å²) < 4.78 is 11.2. The number of hydrogen-bond donors (Lipinski definition) is 0. The lowest BCUT2D eigenvalue weighted by Crippen LogP contribution is -2.59. The van der Waals surface area contributed by atoms with Crippen molar-refractivity contribution in [1.29, 1.82) is 0 Å². The van der Waals surface area contributed by atoms with E-state index in [-0.39, 0.29) is 5.97 Å². The van der Waals surface area contributed by atoms with Crippen LogP contribution in [-0.4, -0.2) is 72.9 Å². The van der Waals surface area contributed by atoms with Gasteiger partial charge in [-0.25, -0.2) is 9.97 Å². The van der Waals surface area contributed by atoms with Gasteiger partial charge in [-0.05, 0) is 69.8 Å². The van der Waals surface area contributed by atoms with Crippen molar-refractivity contribution in [2.24, 2.45) is 11.3 Å². The Morgan fingerprint density at radius 3 is 2.90 bits per heavy atom. The molecule has 7 heteroatoms. The number of anilines is 1. The van der Waals surface area contributed by atoms with Crippen LogP contribution in [0.25, 0.3) is 0 Å². The van der Waals surface area contributed by atoms with Crippen LogP contribution >= 0.6 is 0 Å². The molecule has 0 aromatic carbocycles. The summed E-state index contributed by atoms with van der Waals surface area (Å²) in [7, 11) is 0. The van der Waals surface area contributed by atoms with E-state index in [1.807, 2.05) is 13.1 Å². The third kappa shape index (κ3) is 4.07. The number of morpholine rings is 1. The zero-order chi connectivity index (χ0) is 21.3. The Bertz CT molecular complexity index is 797. The van der Waals surface area contributed by atoms with Crippen molar-refractivity contribution in [2.45, 2.75) is 64.3 Å². The molecule has 0 spiro atoms. The Morgan fingerprint density at radius 1 is 1.23 bits per heavy atom. The number of carbonyl (C=O) groups excluding carboxylic acids is 1. The molecule has 4 aliphatic rings. The maximum Gasteiger partial charge on any atom is 0.314 e. The molecule has 3 fully saturated rings. The van der Waals surface area contributed by atoms with Gasteiger partial charge in [0.2, 0.25) is 5.95 Å². The topological polar surface area (TPSA) is 67.8 Å². The molecule has 7 nitrogen and oxygen atoms in total. The highest BCUT2D eigenvalue weighted by molar-refractivity contribution is 5.78. The number of ether oxygens (including phenoxy) is 2. The lowest BCUT2D eigenvalue weighted by molar-refractivity contribution is -0.164. The fraction of sp³-hybridized carbons (Fsp3) is 0.792. The molecule has 2 saturated heterocycles. The number of aryl methyl sites for hydroxylation is 2. The zero-order valence-electron chi connectivity index (χ0n) is 18.9. The average Bonchev–Trinajstić information content (AvgIpc) is 2.83. The van der Waals surface area contributed by atoms with Crippen molar-refractivity contribution in [3.05, 3.63) is 17.5 Å². The SMILES string of the molecule is CCOC(=O)[C@@]12CC[C@H](N3CCOCC3)C[C@H]1CCN(c1ncc3c(n1)CCCC3)C2. The third-order valence-electron chi connectivity index (χ3n) is 8.06. The minimum Gasteiger partial charge on any atom is -0.466 e. The molecule has 1 aromatic rings. The predicted molar refractivity (Wildman–Crippen MR) is 118 cm³/mol. The summed E-state index contributed by atoms with van der Waals surface area (Å²) in [5.41, 5.74) is 2.08. The van der Waals surface area contributed by atoms with Crippen molar-refractivity contribution in [2.75, 3.05) is 50.9 Å². The zero-order valence-corrected chi connectivity index (χ0v) is 18.9. The van der Waals surface area contributed by atoms with Crippen LogP contribution in [0.15, 0.2) is 6.20 Å². The molecule has 5 rings (SSSR count). The summed E-state index contributed by atoms with van der Waals surface area (Å²) in [6.45, 7) is 7.64. The van der Waals surface area contributed by atoms with Crippen LogP contribution in [0, 0.1) is 11.3 Å². The van der Waals surface area contributed by atoms with E-state index < -0.39 is 5.41 Å². The summed E-state index contributed by atoms with van der Waals surface area (Å²) in [5.74, 6) is 1.16. The predicted octanol–water partition coefficient (Wildman–Crippen LogP) is 2.62. The van der Waals surface area contributed by atoms with E-state index >= 15 is 0 Å². The number of fused-ring (bicyclic) bond motifs is 2. The Morgan fingerprint density at radius 2 is 2.06 bits per heavy atom. The monoisotopic (exact) mass is 428 g/mol. The number of aromatic nitrogens is 2. The fourth-order valence-corrected chi connectivity index (χ4v) is 6.30. The lowest BCUT2D eigenvalue weighted by atomic mass is 9.61. The third-order valence-corrected chi connectivity index (χ3v) is 8.06. The Kier molecular flexibility index (Phi) is 6.15. The second-order valence-electron chi connectivity index (χ2n) is 9.71. The number of rotatable bonds is 4. The van der Waals surface area contributed by atoms with Crippen LogP contribution in [0.3, 0.4) is 0 Å². The molecule has 31 heavy (non-hydrogen) atoms. The van der Waals surface area contributed by atoms with E-state index in [9.17, 15) is 4.79 Å². The van der Waals surface area contributed by atoms with Crippen molar-refractivity contribution in [1.82, 2.24) is 14.9 Å². The summed E-state index contributed by atoms with van der Waals surface area (Å²) in [4.78, 5) is 27.8. The maximum absolute atomic E-state index is 13.3. The number of hydrogen-bond acceptors (Lipinski definition) is 7. The molecule has 0 bridgehead atoms. The van der Waals surface area contributed by atoms with Crippen molar-refractivity contribution >= 4 is 11.9 Å². The molecule has 3 heterocycles. The molecular formula is C24H36N4O3. The molecule has 170 valence electrons. The van der Waals surface area contributed by atoms with Gasteiger partial charge in [-0.15, -0.1) is 0 Å². The maximum atomic E-state index is 13.3. The molecule has 0 radical (unpaired) electrons. The number of nitrogens with zero attached hydrogens (tertiary/aromatic N) is 4. The van der Waals surface area contributed by atoms with Crippen molar-refractivity contribution in [3.8, 4) is 0 Å². The molecule has 0 unspecified atom stereocenters. The minimum atomic E-state index is -0.434. The summed E-state index contributed by atoms with van der Waals surface area (Å²) in [6.07, 6.45) is 10.6. The number of piperidine rings is 1. The van der Waals surface area contributed by atoms with Gasteiger partial charge in [0, 0.05) is 44.1 Å². The number of carbonyl (C=O) groups is 1. The fourth-order valence-electron chi connectivity index (χ4n) is 6.30. The average molecular weight is 429 g/mol. The van der Waals surface area contributed by atoms with E-state index in [1.165, 1.54) is 24.1 Å². The minimum absolute atomic E-state index is 0.0110. The summed E-state index contributed by atoms with van der Waals surface area (Å²) in [6, 6.07) is 0.558. The van der Waals surface area contributed by atoms with Gasteiger partial charge >= 0.3 is 5.97 Å². The Labute approximate surface area is 185 Å². The number of esters is 1. The lowest BCUT2D eigenvalue weighted by Gasteiger charge is -2.52. The van der Waals surface area contributed by atoms with Crippen molar-refractivity contribution < 1.29 is 14.3 Å². The smallest absolute Gasteiger partial charge is 0.314 e. The first-order chi connectivity index (χ1) is 15.2. The van der Waals surface area contributed by atoms with Gasteiger partial charge in [-0.3, -0.25) is 9.69 Å². The highest BCUT2D eigenvalue weighted by Crippen LogP contribution is 2.49. The molecule has 1 aromatic heterocycles. The highest BCUT2D eigenvalue weighted by atomic mass is 16.5. The molecule has 2 aliphatic heterocycles. The second kappa shape index (κ2) is 9.02. The first-order valence-corrected chi connectivity index (χ1v) is 12.3. The first-order valence-electron chi connectivity index (χ1n) is 12.3. The summed E-state index contributed by atoms with van der Waals surface area (Å²) in [5, 5.41) is 0. The second-order valence-corrected chi connectivity index (χ2v) is 9.71. The van der Waals surface area contributed by atoms with Gasteiger partial charge in [-0.2, -0.15) is 0 Å². The van der Waals surface area contributed by atoms with Gasteiger partial charge in [0.25, 0.3) is 0 Å². The van der Waals surface area contributed by atoms with Crippen LogP contribution in [0.1, 0.15) is 56.7 Å². The van der Waals surface area contributed by atoms with Crippen molar-refractivity contribution in [3.63, 3.8) is 0 Å². The largest absolute Gasteiger partial charge is 0.466 e. The highest BCUT2D eigenvalue weighted by Gasteiger charge is 2.54. The van der Waals surface area contributed by atoms with Gasteiger partial charge in [-0.1, -0.05) is 0 Å². The molecular weight excluding hydrogens is 392 g/mol. The summed E-state index contributed by atoms with van der Waals surface area (Å²) >= 11 is 0.